The molecule has 7 heteroatoms. The minimum atomic E-state index is 0.536. The summed E-state index contributed by atoms with van der Waals surface area (Å²) in [4.78, 5) is 13.0. The van der Waals surface area contributed by atoms with Crippen molar-refractivity contribution in [1.82, 2.24) is 9.97 Å². The fourth-order valence-electron chi connectivity index (χ4n) is 3.45. The van der Waals surface area contributed by atoms with E-state index in [1.165, 1.54) is 0 Å². The van der Waals surface area contributed by atoms with Crippen LogP contribution in [0.4, 0.5) is 11.5 Å². The minimum Gasteiger partial charge on any atom is -0.366 e. The van der Waals surface area contributed by atoms with Gasteiger partial charge in [0.15, 0.2) is 0 Å². The number of nitrogens with zero attached hydrogens (tertiary/aromatic N) is 6. The van der Waals surface area contributed by atoms with E-state index in [0.717, 1.165) is 16.6 Å². The molecule has 0 aliphatic carbocycles. The van der Waals surface area contributed by atoms with Crippen molar-refractivity contribution < 1.29 is 0 Å². The smallest absolute Gasteiger partial charge is 0.146 e. The lowest BCUT2D eigenvalue weighted by molar-refractivity contribution is 0.648. The van der Waals surface area contributed by atoms with Crippen molar-refractivity contribution in [2.24, 2.45) is 0 Å². The second kappa shape index (κ2) is 7.11. The van der Waals surface area contributed by atoms with Crippen molar-refractivity contribution in [1.29, 1.82) is 10.5 Å². The van der Waals surface area contributed by atoms with Gasteiger partial charge >= 0.3 is 0 Å². The number of fused-ring (bicyclic) bond motifs is 1. The molecule has 1 aliphatic heterocycles. The molecule has 6 nitrogen and oxygen atoms in total. The molecule has 0 spiro atoms. The van der Waals surface area contributed by atoms with Gasteiger partial charge in [-0.05, 0) is 30.3 Å². The summed E-state index contributed by atoms with van der Waals surface area (Å²) in [6.07, 6.45) is 3.32. The lowest BCUT2D eigenvalue weighted by Crippen LogP contribution is -2.47. The van der Waals surface area contributed by atoms with E-state index in [0.29, 0.717) is 48.1 Å². The van der Waals surface area contributed by atoms with E-state index in [4.69, 9.17) is 11.6 Å². The first-order valence-corrected chi connectivity index (χ1v) is 8.92. The number of nitriles is 2. The average Bonchev–Trinajstić information content (AvgIpc) is 2.73. The Bertz CT molecular complexity index is 1090. The number of halogens is 1. The maximum atomic E-state index is 9.57. The zero-order valence-electron chi connectivity index (χ0n) is 14.4. The topological polar surface area (TPSA) is 79.8 Å². The van der Waals surface area contributed by atoms with E-state index in [2.05, 4.69) is 31.9 Å². The van der Waals surface area contributed by atoms with Crippen LogP contribution in [0.25, 0.3) is 10.9 Å². The van der Waals surface area contributed by atoms with E-state index in [1.807, 2.05) is 12.1 Å². The molecule has 0 radical (unpaired) electrons. The minimum absolute atomic E-state index is 0.536. The standard InChI is InChI=1S/C20H15ClN6/c21-16-3-4-18-17(10-16)19(15(12-23)13-25-18)26-6-8-27(9-7-26)20-14(11-22)2-1-5-24-20/h1-5,10,13H,6-9H2. The van der Waals surface area contributed by atoms with Crippen LogP contribution in [0, 0.1) is 22.7 Å². The Labute approximate surface area is 161 Å². The van der Waals surface area contributed by atoms with Gasteiger partial charge in [-0.3, -0.25) is 4.98 Å². The van der Waals surface area contributed by atoms with Gasteiger partial charge in [-0.15, -0.1) is 0 Å². The summed E-state index contributed by atoms with van der Waals surface area (Å²) < 4.78 is 0. The van der Waals surface area contributed by atoms with Crippen LogP contribution in [0.3, 0.4) is 0 Å². The summed E-state index contributed by atoms with van der Waals surface area (Å²) in [5.41, 5.74) is 2.79. The molecule has 2 aromatic heterocycles. The van der Waals surface area contributed by atoms with Crippen LogP contribution in [0.1, 0.15) is 11.1 Å². The number of pyridine rings is 2. The predicted octanol–water partition coefficient (Wildman–Crippen LogP) is 3.35. The molecule has 3 aromatic rings. The molecule has 0 amide bonds. The van der Waals surface area contributed by atoms with Gasteiger partial charge in [0.25, 0.3) is 0 Å². The van der Waals surface area contributed by atoms with Gasteiger partial charge in [0.2, 0.25) is 0 Å². The molecule has 0 unspecified atom stereocenters. The highest BCUT2D eigenvalue weighted by molar-refractivity contribution is 6.31. The van der Waals surface area contributed by atoms with Crippen LogP contribution in [-0.2, 0) is 0 Å². The van der Waals surface area contributed by atoms with Crippen molar-refractivity contribution in [3.05, 3.63) is 58.9 Å². The van der Waals surface area contributed by atoms with Crippen molar-refractivity contribution in [3.63, 3.8) is 0 Å². The number of hydrogen-bond donors (Lipinski definition) is 0. The molecule has 0 bridgehead atoms. The zero-order valence-corrected chi connectivity index (χ0v) is 15.2. The zero-order chi connectivity index (χ0) is 18.8. The Morgan fingerprint density at radius 2 is 1.67 bits per heavy atom. The van der Waals surface area contributed by atoms with Gasteiger partial charge in [-0.1, -0.05) is 11.6 Å². The summed E-state index contributed by atoms with van der Waals surface area (Å²) in [5, 5.41) is 20.4. The quantitative estimate of drug-likeness (QED) is 0.684. The van der Waals surface area contributed by atoms with Crippen LogP contribution in [-0.4, -0.2) is 36.1 Å². The van der Waals surface area contributed by atoms with E-state index in [1.54, 1.807) is 30.6 Å². The van der Waals surface area contributed by atoms with Gasteiger partial charge in [0, 0.05) is 49.0 Å². The molecule has 3 heterocycles. The fraction of sp³-hybridized carbons (Fsp3) is 0.200. The number of benzene rings is 1. The highest BCUT2D eigenvalue weighted by Gasteiger charge is 2.23. The molecule has 0 atom stereocenters. The van der Waals surface area contributed by atoms with E-state index < -0.39 is 0 Å². The first-order chi connectivity index (χ1) is 13.2. The lowest BCUT2D eigenvalue weighted by Gasteiger charge is -2.37. The molecule has 0 N–H and O–H groups in total. The van der Waals surface area contributed by atoms with Crippen molar-refractivity contribution in [3.8, 4) is 12.1 Å². The Morgan fingerprint density at radius 1 is 0.926 bits per heavy atom. The van der Waals surface area contributed by atoms with Crippen LogP contribution >= 0.6 is 11.6 Å². The second-order valence-corrected chi connectivity index (χ2v) is 6.69. The highest BCUT2D eigenvalue weighted by Crippen LogP contribution is 2.32. The maximum absolute atomic E-state index is 9.57. The normalized spacial score (nSPS) is 14.0. The molecule has 4 rings (SSSR count). The summed E-state index contributed by atoms with van der Waals surface area (Å²) in [5.74, 6) is 0.711. The van der Waals surface area contributed by atoms with Crippen LogP contribution < -0.4 is 9.80 Å². The third-order valence-electron chi connectivity index (χ3n) is 4.72. The van der Waals surface area contributed by atoms with Crippen molar-refractivity contribution in [2.75, 3.05) is 36.0 Å². The first kappa shape index (κ1) is 17.1. The monoisotopic (exact) mass is 374 g/mol. The molecular formula is C20H15ClN6. The Hall–Kier alpha value is -3.35. The summed E-state index contributed by atoms with van der Waals surface area (Å²) in [6, 6.07) is 13.5. The predicted molar refractivity (Wildman–Crippen MR) is 105 cm³/mol. The van der Waals surface area contributed by atoms with Gasteiger partial charge in [-0.25, -0.2) is 4.98 Å². The maximum Gasteiger partial charge on any atom is 0.146 e. The Balaban J connectivity index is 1.66. The Kier molecular flexibility index (Phi) is 4.50. The van der Waals surface area contributed by atoms with Crippen molar-refractivity contribution >= 4 is 34.0 Å². The number of anilines is 2. The van der Waals surface area contributed by atoms with Gasteiger partial charge in [0.05, 0.1) is 22.3 Å². The molecule has 132 valence electrons. The molecule has 0 saturated carbocycles. The average molecular weight is 375 g/mol. The third-order valence-corrected chi connectivity index (χ3v) is 4.96. The SMILES string of the molecule is N#Cc1cccnc1N1CCN(c2c(C#N)cnc3ccc(Cl)cc23)CC1. The Morgan fingerprint density at radius 3 is 2.41 bits per heavy atom. The van der Waals surface area contributed by atoms with Gasteiger partial charge in [0.1, 0.15) is 18.0 Å². The number of aromatic nitrogens is 2. The fourth-order valence-corrected chi connectivity index (χ4v) is 3.62. The van der Waals surface area contributed by atoms with Crippen LogP contribution in [0.5, 0.6) is 0 Å². The molecule has 1 aliphatic rings. The molecule has 1 saturated heterocycles. The second-order valence-electron chi connectivity index (χ2n) is 6.25. The lowest BCUT2D eigenvalue weighted by atomic mass is 10.1. The van der Waals surface area contributed by atoms with E-state index in [9.17, 15) is 10.5 Å². The summed E-state index contributed by atoms with van der Waals surface area (Å²) in [6.45, 7) is 2.84. The third kappa shape index (κ3) is 3.12. The van der Waals surface area contributed by atoms with Crippen molar-refractivity contribution in [2.45, 2.75) is 0 Å². The van der Waals surface area contributed by atoms with E-state index >= 15 is 0 Å². The number of rotatable bonds is 2. The number of piperazine rings is 1. The summed E-state index contributed by atoms with van der Waals surface area (Å²) in [7, 11) is 0. The van der Waals surface area contributed by atoms with Crippen LogP contribution in [0.2, 0.25) is 5.02 Å². The summed E-state index contributed by atoms with van der Waals surface area (Å²) >= 11 is 6.19. The highest BCUT2D eigenvalue weighted by atomic mass is 35.5. The molecule has 27 heavy (non-hydrogen) atoms. The first-order valence-electron chi connectivity index (χ1n) is 8.54. The number of hydrogen-bond acceptors (Lipinski definition) is 6. The molecule has 1 fully saturated rings. The molecular weight excluding hydrogens is 360 g/mol. The van der Waals surface area contributed by atoms with Gasteiger partial charge < -0.3 is 9.80 Å². The van der Waals surface area contributed by atoms with Gasteiger partial charge in [-0.2, -0.15) is 10.5 Å². The van der Waals surface area contributed by atoms with Crippen LogP contribution in [0.15, 0.2) is 42.7 Å². The van der Waals surface area contributed by atoms with E-state index in [-0.39, 0.29) is 0 Å². The largest absolute Gasteiger partial charge is 0.366 e. The molecule has 1 aromatic carbocycles.